The number of halogens is 2. The van der Waals surface area contributed by atoms with Crippen molar-refractivity contribution in [2.24, 2.45) is 17.8 Å². The number of piperidine rings is 1. The van der Waals surface area contributed by atoms with Gasteiger partial charge in [0.05, 0.1) is 0 Å². The number of hydrogen-bond acceptors (Lipinski definition) is 3. The van der Waals surface area contributed by atoms with E-state index in [2.05, 4.69) is 41.3 Å². The highest BCUT2D eigenvalue weighted by Crippen LogP contribution is 2.39. The Kier molecular flexibility index (Phi) is 7.99. The number of nitrogens with one attached hydrogen (secondary N) is 1. The van der Waals surface area contributed by atoms with Crippen molar-refractivity contribution in [2.75, 3.05) is 40.3 Å². The molecule has 3 aliphatic rings. The monoisotopic (exact) mass is 413 g/mol. The molecule has 0 spiro atoms. The van der Waals surface area contributed by atoms with E-state index in [1.807, 2.05) is 12.1 Å². The van der Waals surface area contributed by atoms with Crippen LogP contribution in [0.3, 0.4) is 0 Å². The lowest BCUT2D eigenvalue weighted by atomic mass is 9.89. The maximum Gasteiger partial charge on any atom is 0.254 e. The second-order valence-corrected chi connectivity index (χ2v) is 8.48. The number of fused-ring (bicyclic) bond motifs is 2. The molecule has 1 aromatic carbocycles. The van der Waals surface area contributed by atoms with Gasteiger partial charge in [-0.3, -0.25) is 4.79 Å². The molecule has 4 rings (SSSR count). The number of benzene rings is 1. The molecule has 27 heavy (non-hydrogen) atoms. The van der Waals surface area contributed by atoms with Crippen LogP contribution >= 0.6 is 24.8 Å². The van der Waals surface area contributed by atoms with Crippen LogP contribution in [0, 0.1) is 17.8 Å². The average Bonchev–Trinajstić information content (AvgIpc) is 3.20. The highest BCUT2D eigenvalue weighted by atomic mass is 35.5. The Morgan fingerprint density at radius 3 is 2.37 bits per heavy atom. The van der Waals surface area contributed by atoms with Crippen molar-refractivity contribution in [3.63, 3.8) is 0 Å². The Bertz CT molecular complexity index is 620. The normalized spacial score (nSPS) is 29.4. The smallest absolute Gasteiger partial charge is 0.254 e. The van der Waals surface area contributed by atoms with E-state index in [1.54, 1.807) is 0 Å². The van der Waals surface area contributed by atoms with Gasteiger partial charge >= 0.3 is 0 Å². The summed E-state index contributed by atoms with van der Waals surface area (Å²) >= 11 is 0. The molecule has 1 N–H and O–H groups in total. The molecule has 1 saturated carbocycles. The number of hydrogen-bond donors (Lipinski definition) is 1. The van der Waals surface area contributed by atoms with Crippen molar-refractivity contribution in [1.82, 2.24) is 15.1 Å². The van der Waals surface area contributed by atoms with Gasteiger partial charge in [-0.25, -0.2) is 0 Å². The average molecular weight is 414 g/mol. The molecular weight excluding hydrogens is 381 g/mol. The standard InChI is InChI=1S/C21H31N3O.2ClH/c1-23(2)20-17-7-8-18(20)14-24(13-17)21(25)19-6-4-3-5-16(19)11-15-9-10-22-12-15;;/h3-6,15,17-18,20,22H,7-14H2,1-2H3;2*1H/t15?,17-,18+,20?;;. The number of rotatable bonds is 4. The lowest BCUT2D eigenvalue weighted by molar-refractivity contribution is 0.0486. The molecule has 2 bridgehead atoms. The third kappa shape index (κ3) is 4.61. The van der Waals surface area contributed by atoms with E-state index in [0.717, 1.165) is 38.2 Å². The van der Waals surface area contributed by atoms with Crippen molar-refractivity contribution < 1.29 is 4.79 Å². The third-order valence-electron chi connectivity index (χ3n) is 6.59. The summed E-state index contributed by atoms with van der Waals surface area (Å²) in [5, 5.41) is 3.44. The molecule has 1 amide bonds. The fourth-order valence-electron chi connectivity index (χ4n) is 5.48. The van der Waals surface area contributed by atoms with Crippen LogP contribution in [0.15, 0.2) is 24.3 Å². The summed E-state index contributed by atoms with van der Waals surface area (Å²) in [6.45, 7) is 4.05. The maximum atomic E-state index is 13.3. The summed E-state index contributed by atoms with van der Waals surface area (Å²) in [7, 11) is 4.39. The van der Waals surface area contributed by atoms with Gasteiger partial charge < -0.3 is 15.1 Å². The zero-order valence-corrected chi connectivity index (χ0v) is 18.0. The lowest BCUT2D eigenvalue weighted by Crippen LogP contribution is -2.52. The van der Waals surface area contributed by atoms with E-state index in [-0.39, 0.29) is 30.7 Å². The zero-order chi connectivity index (χ0) is 17.4. The Morgan fingerprint density at radius 1 is 1.11 bits per heavy atom. The Hall–Kier alpha value is -0.810. The van der Waals surface area contributed by atoms with Crippen LogP contribution in [0.25, 0.3) is 0 Å². The molecule has 4 nitrogen and oxygen atoms in total. The minimum Gasteiger partial charge on any atom is -0.338 e. The first kappa shape index (κ1) is 22.5. The maximum absolute atomic E-state index is 13.3. The Morgan fingerprint density at radius 2 is 1.78 bits per heavy atom. The number of likely N-dealkylation sites (tertiary alicyclic amines) is 1. The number of nitrogens with zero attached hydrogens (tertiary/aromatic N) is 2. The van der Waals surface area contributed by atoms with E-state index in [0.29, 0.717) is 23.8 Å². The molecule has 2 aliphatic heterocycles. The van der Waals surface area contributed by atoms with Gasteiger partial charge in [0.25, 0.3) is 5.91 Å². The van der Waals surface area contributed by atoms with Gasteiger partial charge in [-0.1, -0.05) is 18.2 Å². The topological polar surface area (TPSA) is 35.6 Å². The van der Waals surface area contributed by atoms with Crippen LogP contribution < -0.4 is 5.32 Å². The summed E-state index contributed by atoms with van der Waals surface area (Å²) in [4.78, 5) is 17.8. The lowest BCUT2D eigenvalue weighted by Gasteiger charge is -2.41. The van der Waals surface area contributed by atoms with E-state index in [9.17, 15) is 4.79 Å². The molecule has 2 unspecified atom stereocenters. The van der Waals surface area contributed by atoms with Crippen LogP contribution in [0.4, 0.5) is 0 Å². The second-order valence-electron chi connectivity index (χ2n) is 8.48. The zero-order valence-electron chi connectivity index (χ0n) is 16.4. The van der Waals surface area contributed by atoms with Gasteiger partial charge in [0.1, 0.15) is 0 Å². The molecule has 6 heteroatoms. The van der Waals surface area contributed by atoms with Crippen LogP contribution in [0.1, 0.15) is 35.2 Å². The van der Waals surface area contributed by atoms with Gasteiger partial charge in [-0.05, 0) is 82.3 Å². The summed E-state index contributed by atoms with van der Waals surface area (Å²) in [5.41, 5.74) is 2.18. The fraction of sp³-hybridized carbons (Fsp3) is 0.667. The fourth-order valence-corrected chi connectivity index (χ4v) is 5.48. The van der Waals surface area contributed by atoms with Gasteiger partial charge in [-0.15, -0.1) is 24.8 Å². The van der Waals surface area contributed by atoms with Gasteiger partial charge in [0, 0.05) is 24.7 Å². The Balaban J connectivity index is 0.00000131. The SMILES string of the molecule is CN(C)C1[C@@H]2CC[C@H]1CN(C(=O)c1ccccc1CC1CCNC1)C2.Cl.Cl. The van der Waals surface area contributed by atoms with Crippen LogP contribution in [-0.2, 0) is 6.42 Å². The quantitative estimate of drug-likeness (QED) is 0.823. The van der Waals surface area contributed by atoms with E-state index < -0.39 is 0 Å². The summed E-state index contributed by atoms with van der Waals surface area (Å²) < 4.78 is 0. The Labute approximate surface area is 175 Å². The number of carbonyl (C=O) groups is 1. The van der Waals surface area contributed by atoms with Gasteiger partial charge in [0.15, 0.2) is 0 Å². The molecule has 0 radical (unpaired) electrons. The first-order chi connectivity index (χ1) is 12.1. The molecule has 0 aromatic heterocycles. The molecule has 2 heterocycles. The van der Waals surface area contributed by atoms with Crippen molar-refractivity contribution in [3.8, 4) is 0 Å². The van der Waals surface area contributed by atoms with Crippen molar-refractivity contribution >= 4 is 30.7 Å². The predicted molar refractivity (Wildman–Crippen MR) is 115 cm³/mol. The van der Waals surface area contributed by atoms with Gasteiger partial charge in [0.2, 0.25) is 0 Å². The van der Waals surface area contributed by atoms with Crippen molar-refractivity contribution in [3.05, 3.63) is 35.4 Å². The first-order valence-corrected chi connectivity index (χ1v) is 9.88. The summed E-state index contributed by atoms with van der Waals surface area (Å²) in [6.07, 6.45) is 4.79. The van der Waals surface area contributed by atoms with Gasteiger partial charge in [-0.2, -0.15) is 0 Å². The molecular formula is C21H33Cl2N3O. The summed E-state index contributed by atoms with van der Waals surface area (Å²) in [5.74, 6) is 2.22. The van der Waals surface area contributed by atoms with E-state index >= 15 is 0 Å². The summed E-state index contributed by atoms with van der Waals surface area (Å²) in [6, 6.07) is 8.96. The van der Waals surface area contributed by atoms with Crippen LogP contribution in [0.2, 0.25) is 0 Å². The molecule has 4 atom stereocenters. The number of amides is 1. The molecule has 2 saturated heterocycles. The second kappa shape index (κ2) is 9.60. The highest BCUT2D eigenvalue weighted by Gasteiger charge is 2.44. The molecule has 1 aliphatic carbocycles. The number of carbonyl (C=O) groups excluding carboxylic acids is 1. The molecule has 152 valence electrons. The molecule has 3 fully saturated rings. The van der Waals surface area contributed by atoms with Crippen molar-refractivity contribution in [1.29, 1.82) is 0 Å². The largest absolute Gasteiger partial charge is 0.338 e. The highest BCUT2D eigenvalue weighted by molar-refractivity contribution is 5.95. The van der Waals surface area contributed by atoms with E-state index in [1.165, 1.54) is 24.8 Å². The molecule has 1 aromatic rings. The van der Waals surface area contributed by atoms with E-state index in [4.69, 9.17) is 0 Å². The van der Waals surface area contributed by atoms with Crippen LogP contribution in [0.5, 0.6) is 0 Å². The first-order valence-electron chi connectivity index (χ1n) is 9.88. The third-order valence-corrected chi connectivity index (χ3v) is 6.59. The minimum atomic E-state index is 0. The van der Waals surface area contributed by atoms with Crippen LogP contribution in [-0.4, -0.2) is 62.0 Å². The van der Waals surface area contributed by atoms with Crippen molar-refractivity contribution in [2.45, 2.75) is 31.7 Å². The predicted octanol–water partition coefficient (Wildman–Crippen LogP) is 3.09. The minimum absolute atomic E-state index is 0.